The summed E-state index contributed by atoms with van der Waals surface area (Å²) in [5.41, 5.74) is 0.874. The van der Waals surface area contributed by atoms with Crippen LogP contribution >= 0.6 is 35.6 Å². The van der Waals surface area contributed by atoms with Crippen molar-refractivity contribution in [2.75, 3.05) is 0 Å². The molecule has 0 saturated heterocycles. The largest absolute Gasteiger partial charge is 0.460 e. The van der Waals surface area contributed by atoms with Gasteiger partial charge in [-0.05, 0) is 43.2 Å². The van der Waals surface area contributed by atoms with E-state index in [0.717, 1.165) is 23.6 Å². The van der Waals surface area contributed by atoms with Crippen molar-refractivity contribution in [3.05, 3.63) is 46.1 Å². The Kier molecular flexibility index (Phi) is 4.80. The van der Waals surface area contributed by atoms with Gasteiger partial charge in [0, 0.05) is 16.6 Å². The van der Waals surface area contributed by atoms with Crippen LogP contribution in [0.25, 0.3) is 11.3 Å². The quantitative estimate of drug-likeness (QED) is 0.865. The predicted octanol–water partition coefficient (Wildman–Crippen LogP) is 4.93. The monoisotopic (exact) mass is 317 g/mol. The Bertz CT molecular complexity index is 564. The number of furan rings is 1. The molecule has 1 aromatic carbocycles. The van der Waals surface area contributed by atoms with E-state index in [1.807, 2.05) is 24.3 Å². The molecule has 0 amide bonds. The molecule has 0 radical (unpaired) electrons. The number of benzene rings is 1. The van der Waals surface area contributed by atoms with E-state index in [9.17, 15) is 0 Å². The molecular weight excluding hydrogens is 305 g/mol. The second kappa shape index (κ2) is 6.19. The van der Waals surface area contributed by atoms with Crippen LogP contribution < -0.4 is 5.32 Å². The smallest absolute Gasteiger partial charge is 0.135 e. The number of rotatable bonds is 4. The average Bonchev–Trinajstić information content (AvgIpc) is 3.05. The zero-order valence-corrected chi connectivity index (χ0v) is 12.5. The minimum atomic E-state index is 0. The summed E-state index contributed by atoms with van der Waals surface area (Å²) in [6, 6.07) is 10.0. The Morgan fingerprint density at radius 1 is 1.16 bits per heavy atom. The fraction of sp³-hybridized carbons (Fsp3) is 0.286. The molecule has 2 aromatic rings. The van der Waals surface area contributed by atoms with Crippen LogP contribution in [0.2, 0.25) is 10.0 Å². The molecule has 1 aromatic heterocycles. The van der Waals surface area contributed by atoms with Crippen molar-refractivity contribution in [3.8, 4) is 11.3 Å². The highest BCUT2D eigenvalue weighted by Crippen LogP contribution is 2.31. The zero-order chi connectivity index (χ0) is 12.5. The second-order valence-electron chi connectivity index (χ2n) is 4.55. The molecule has 0 spiro atoms. The van der Waals surface area contributed by atoms with E-state index in [4.69, 9.17) is 27.6 Å². The van der Waals surface area contributed by atoms with E-state index in [2.05, 4.69) is 5.32 Å². The highest BCUT2D eigenvalue weighted by Gasteiger charge is 2.20. The third-order valence-corrected chi connectivity index (χ3v) is 3.55. The van der Waals surface area contributed by atoms with E-state index in [0.29, 0.717) is 16.1 Å². The lowest BCUT2D eigenvalue weighted by Gasteiger charge is -2.02. The van der Waals surface area contributed by atoms with Gasteiger partial charge in [-0.15, -0.1) is 12.4 Å². The Hall–Kier alpha value is -0.670. The third-order valence-electron chi connectivity index (χ3n) is 3.00. The molecule has 0 aliphatic heterocycles. The molecule has 1 aliphatic rings. The van der Waals surface area contributed by atoms with Crippen LogP contribution in [-0.4, -0.2) is 6.04 Å². The van der Waals surface area contributed by atoms with Crippen LogP contribution in [-0.2, 0) is 6.54 Å². The van der Waals surface area contributed by atoms with Crippen molar-refractivity contribution in [2.45, 2.75) is 25.4 Å². The van der Waals surface area contributed by atoms with Gasteiger partial charge in [0.15, 0.2) is 0 Å². The lowest BCUT2D eigenvalue weighted by molar-refractivity contribution is 0.492. The molecule has 1 heterocycles. The normalized spacial score (nSPS) is 14.2. The molecule has 1 saturated carbocycles. The van der Waals surface area contributed by atoms with Crippen molar-refractivity contribution in [2.24, 2.45) is 0 Å². The molecule has 1 N–H and O–H groups in total. The maximum absolute atomic E-state index is 6.15. The summed E-state index contributed by atoms with van der Waals surface area (Å²) in [6.45, 7) is 0.774. The number of nitrogens with one attached hydrogen (secondary N) is 1. The van der Waals surface area contributed by atoms with E-state index in [-0.39, 0.29) is 12.4 Å². The van der Waals surface area contributed by atoms with E-state index >= 15 is 0 Å². The van der Waals surface area contributed by atoms with Gasteiger partial charge in [-0.3, -0.25) is 0 Å². The molecule has 3 rings (SSSR count). The van der Waals surface area contributed by atoms with E-state index in [1.54, 1.807) is 6.07 Å². The van der Waals surface area contributed by atoms with Gasteiger partial charge in [0.05, 0.1) is 11.6 Å². The van der Waals surface area contributed by atoms with Gasteiger partial charge in [0.1, 0.15) is 11.5 Å². The average molecular weight is 319 g/mol. The molecule has 1 fully saturated rings. The van der Waals surface area contributed by atoms with Gasteiger partial charge in [0.2, 0.25) is 0 Å². The van der Waals surface area contributed by atoms with Crippen LogP contribution in [0, 0.1) is 0 Å². The summed E-state index contributed by atoms with van der Waals surface area (Å²) in [6.07, 6.45) is 2.55. The van der Waals surface area contributed by atoms with E-state index < -0.39 is 0 Å². The molecule has 0 bridgehead atoms. The summed E-state index contributed by atoms with van der Waals surface area (Å²) in [5, 5.41) is 4.65. The SMILES string of the molecule is Cl.Clc1ccc(-c2ccc(CNC3CC3)o2)c(Cl)c1. The number of halogens is 3. The van der Waals surface area contributed by atoms with Gasteiger partial charge in [-0.2, -0.15) is 0 Å². The first-order valence-corrected chi connectivity index (χ1v) is 6.75. The summed E-state index contributed by atoms with van der Waals surface area (Å²) < 4.78 is 5.78. The van der Waals surface area contributed by atoms with Crippen LogP contribution in [0.5, 0.6) is 0 Å². The van der Waals surface area contributed by atoms with Crippen molar-refractivity contribution in [1.29, 1.82) is 0 Å². The van der Waals surface area contributed by atoms with E-state index in [1.165, 1.54) is 12.8 Å². The topological polar surface area (TPSA) is 25.2 Å². The maximum Gasteiger partial charge on any atom is 0.135 e. The number of hydrogen-bond donors (Lipinski definition) is 1. The fourth-order valence-corrected chi connectivity index (χ4v) is 2.34. The highest BCUT2D eigenvalue weighted by molar-refractivity contribution is 6.36. The first kappa shape index (κ1) is 14.7. The summed E-state index contributed by atoms with van der Waals surface area (Å²) in [4.78, 5) is 0. The van der Waals surface area contributed by atoms with Crippen LogP contribution in [0.1, 0.15) is 18.6 Å². The van der Waals surface area contributed by atoms with Gasteiger partial charge in [-0.1, -0.05) is 23.2 Å². The Labute approximate surface area is 128 Å². The molecule has 2 nitrogen and oxygen atoms in total. The minimum absolute atomic E-state index is 0. The summed E-state index contributed by atoms with van der Waals surface area (Å²) >= 11 is 12.0. The molecule has 0 unspecified atom stereocenters. The van der Waals surface area contributed by atoms with Crippen molar-refractivity contribution >= 4 is 35.6 Å². The standard InChI is InChI=1S/C14H13Cl2NO.ClH/c15-9-1-5-12(13(16)7-9)14-6-4-11(18-14)8-17-10-2-3-10;/h1,4-7,10,17H,2-3,8H2;1H. The number of hydrogen-bond acceptors (Lipinski definition) is 2. The third kappa shape index (κ3) is 3.67. The van der Waals surface area contributed by atoms with Crippen molar-refractivity contribution < 1.29 is 4.42 Å². The van der Waals surface area contributed by atoms with Crippen LogP contribution in [0.15, 0.2) is 34.7 Å². The Morgan fingerprint density at radius 3 is 2.63 bits per heavy atom. The second-order valence-corrected chi connectivity index (χ2v) is 5.39. The van der Waals surface area contributed by atoms with Gasteiger partial charge in [-0.25, -0.2) is 0 Å². The lowest BCUT2D eigenvalue weighted by Crippen LogP contribution is -2.14. The molecule has 102 valence electrons. The summed E-state index contributed by atoms with van der Waals surface area (Å²) in [5.74, 6) is 1.71. The lowest BCUT2D eigenvalue weighted by atomic mass is 10.2. The Balaban J connectivity index is 0.00000133. The molecule has 0 atom stereocenters. The summed E-state index contributed by atoms with van der Waals surface area (Å²) in [7, 11) is 0. The first-order valence-electron chi connectivity index (χ1n) is 6.00. The van der Waals surface area contributed by atoms with Gasteiger partial charge < -0.3 is 9.73 Å². The van der Waals surface area contributed by atoms with Crippen molar-refractivity contribution in [1.82, 2.24) is 5.32 Å². The van der Waals surface area contributed by atoms with Crippen LogP contribution in [0.4, 0.5) is 0 Å². The molecule has 5 heteroatoms. The first-order chi connectivity index (χ1) is 8.72. The maximum atomic E-state index is 6.15. The van der Waals surface area contributed by atoms with Crippen molar-refractivity contribution in [3.63, 3.8) is 0 Å². The van der Waals surface area contributed by atoms with Gasteiger partial charge >= 0.3 is 0 Å². The predicted molar refractivity (Wildman–Crippen MR) is 81.3 cm³/mol. The molecular formula is C14H14Cl3NO. The highest BCUT2D eigenvalue weighted by atomic mass is 35.5. The molecule has 1 aliphatic carbocycles. The Morgan fingerprint density at radius 2 is 1.95 bits per heavy atom. The minimum Gasteiger partial charge on any atom is -0.460 e. The zero-order valence-electron chi connectivity index (χ0n) is 10.2. The molecule has 19 heavy (non-hydrogen) atoms. The van der Waals surface area contributed by atoms with Gasteiger partial charge in [0.25, 0.3) is 0 Å². The fourth-order valence-electron chi connectivity index (χ4n) is 1.84. The van der Waals surface area contributed by atoms with Crippen LogP contribution in [0.3, 0.4) is 0 Å².